The summed E-state index contributed by atoms with van der Waals surface area (Å²) in [5.74, 6) is -1.78. The molecule has 3 rings (SSSR count). The van der Waals surface area contributed by atoms with Gasteiger partial charge in [0.1, 0.15) is 6.07 Å². The standard InChI is InChI=1S/C16H8ClF3N4O3S/c17-13-6-5-12(7-10(13)8-21)28(25,26)24-11-3-1-9(2-4-11)14-22-15(27-23-14)16(18,19)20/h1-7,24H. The summed E-state index contributed by atoms with van der Waals surface area (Å²) >= 11 is 5.78. The maximum absolute atomic E-state index is 12.5. The Morgan fingerprint density at radius 1 is 1.14 bits per heavy atom. The first kappa shape index (κ1) is 19.7. The highest BCUT2D eigenvalue weighted by Gasteiger charge is 2.38. The molecule has 0 aliphatic rings. The number of sulfonamides is 1. The minimum Gasteiger partial charge on any atom is -0.329 e. The summed E-state index contributed by atoms with van der Waals surface area (Å²) in [7, 11) is -4.01. The van der Waals surface area contributed by atoms with Crippen molar-refractivity contribution in [2.24, 2.45) is 0 Å². The molecule has 0 radical (unpaired) electrons. The van der Waals surface area contributed by atoms with E-state index in [1.54, 1.807) is 6.07 Å². The van der Waals surface area contributed by atoms with Gasteiger partial charge in [-0.15, -0.1) is 0 Å². The Kier molecular flexibility index (Phi) is 5.01. The van der Waals surface area contributed by atoms with Crippen molar-refractivity contribution in [3.05, 3.63) is 58.9 Å². The van der Waals surface area contributed by atoms with E-state index in [-0.39, 0.29) is 32.6 Å². The fourth-order valence-corrected chi connectivity index (χ4v) is 3.36. The zero-order valence-electron chi connectivity index (χ0n) is 13.5. The molecule has 3 aromatic rings. The summed E-state index contributed by atoms with van der Waals surface area (Å²) in [6, 6.07) is 10.7. The van der Waals surface area contributed by atoms with Crippen molar-refractivity contribution in [1.82, 2.24) is 10.1 Å². The van der Waals surface area contributed by atoms with Crippen molar-refractivity contribution in [3.63, 3.8) is 0 Å². The molecule has 0 saturated heterocycles. The summed E-state index contributed by atoms with van der Waals surface area (Å²) in [6.45, 7) is 0. The molecule has 1 N–H and O–H groups in total. The molecule has 2 aromatic carbocycles. The zero-order valence-corrected chi connectivity index (χ0v) is 15.1. The molecule has 7 nitrogen and oxygen atoms in total. The molecule has 1 aromatic heterocycles. The van der Waals surface area contributed by atoms with Gasteiger partial charge < -0.3 is 4.52 Å². The van der Waals surface area contributed by atoms with Crippen LogP contribution < -0.4 is 4.72 Å². The Hall–Kier alpha value is -3.10. The van der Waals surface area contributed by atoms with Gasteiger partial charge in [-0.2, -0.15) is 23.4 Å². The molecule has 0 atom stereocenters. The summed E-state index contributed by atoms with van der Waals surface area (Å²) in [4.78, 5) is 3.07. The van der Waals surface area contributed by atoms with E-state index in [1.165, 1.54) is 36.4 Å². The Labute approximate surface area is 161 Å². The highest BCUT2D eigenvalue weighted by atomic mass is 35.5. The number of nitriles is 1. The van der Waals surface area contributed by atoms with Gasteiger partial charge in [-0.1, -0.05) is 16.8 Å². The molecule has 0 spiro atoms. The molecule has 0 unspecified atom stereocenters. The van der Waals surface area contributed by atoms with Gasteiger partial charge in [0.15, 0.2) is 0 Å². The second kappa shape index (κ2) is 7.14. The molecular weight excluding hydrogens is 421 g/mol. The van der Waals surface area contributed by atoms with Gasteiger partial charge in [-0.25, -0.2) is 8.42 Å². The van der Waals surface area contributed by atoms with E-state index < -0.39 is 22.1 Å². The second-order valence-corrected chi connectivity index (χ2v) is 7.45. The van der Waals surface area contributed by atoms with Crippen molar-refractivity contribution in [2.75, 3.05) is 4.72 Å². The zero-order chi connectivity index (χ0) is 20.5. The van der Waals surface area contributed by atoms with Crippen LogP contribution in [0.3, 0.4) is 0 Å². The van der Waals surface area contributed by atoms with Crippen molar-refractivity contribution in [2.45, 2.75) is 11.1 Å². The summed E-state index contributed by atoms with van der Waals surface area (Å²) in [6.07, 6.45) is -4.76. The van der Waals surface area contributed by atoms with Gasteiger partial charge in [-0.3, -0.25) is 4.72 Å². The molecule has 144 valence electrons. The van der Waals surface area contributed by atoms with Gasteiger partial charge >= 0.3 is 12.1 Å². The molecule has 0 bridgehead atoms. The third-order valence-electron chi connectivity index (χ3n) is 3.43. The number of hydrogen-bond donors (Lipinski definition) is 1. The Bertz CT molecular complexity index is 1170. The minimum atomic E-state index is -4.76. The van der Waals surface area contributed by atoms with Gasteiger partial charge in [-0.05, 0) is 42.5 Å². The van der Waals surface area contributed by atoms with Crippen LogP contribution in [0.2, 0.25) is 5.02 Å². The predicted octanol–water partition coefficient (Wildman–Crippen LogP) is 4.08. The van der Waals surface area contributed by atoms with Gasteiger partial charge in [0.25, 0.3) is 10.0 Å². The first-order valence-electron chi connectivity index (χ1n) is 7.34. The Balaban J connectivity index is 1.82. The van der Waals surface area contributed by atoms with Crippen molar-refractivity contribution in [3.8, 4) is 17.5 Å². The van der Waals surface area contributed by atoms with Crippen LogP contribution in [0.1, 0.15) is 11.5 Å². The fourth-order valence-electron chi connectivity index (χ4n) is 2.11. The lowest BCUT2D eigenvalue weighted by Gasteiger charge is -2.09. The smallest absolute Gasteiger partial charge is 0.329 e. The summed E-state index contributed by atoms with van der Waals surface area (Å²) < 4.78 is 68.8. The number of nitrogens with one attached hydrogen (secondary N) is 1. The van der Waals surface area contributed by atoms with E-state index >= 15 is 0 Å². The third-order valence-corrected chi connectivity index (χ3v) is 5.14. The van der Waals surface area contributed by atoms with Crippen LogP contribution in [0, 0.1) is 11.3 Å². The lowest BCUT2D eigenvalue weighted by Crippen LogP contribution is -2.13. The highest BCUT2D eigenvalue weighted by molar-refractivity contribution is 7.92. The molecule has 0 fully saturated rings. The summed E-state index contributed by atoms with van der Waals surface area (Å²) in [5.41, 5.74) is 0.328. The van der Waals surface area contributed by atoms with E-state index in [4.69, 9.17) is 16.9 Å². The fraction of sp³-hybridized carbons (Fsp3) is 0.0625. The lowest BCUT2D eigenvalue weighted by molar-refractivity contribution is -0.159. The maximum Gasteiger partial charge on any atom is 0.471 e. The first-order chi connectivity index (χ1) is 13.1. The molecule has 0 aliphatic heterocycles. The third kappa shape index (κ3) is 4.08. The SMILES string of the molecule is N#Cc1cc(S(=O)(=O)Nc2ccc(-c3noc(C(F)(F)F)n3)cc2)ccc1Cl. The van der Waals surface area contributed by atoms with Crippen LogP contribution in [-0.2, 0) is 16.2 Å². The summed E-state index contributed by atoms with van der Waals surface area (Å²) in [5, 5.41) is 12.3. The minimum absolute atomic E-state index is 0.00235. The van der Waals surface area contributed by atoms with E-state index in [0.29, 0.717) is 0 Å². The number of benzene rings is 2. The number of aromatic nitrogens is 2. The number of nitrogens with zero attached hydrogens (tertiary/aromatic N) is 3. The Morgan fingerprint density at radius 2 is 1.82 bits per heavy atom. The van der Waals surface area contributed by atoms with Gasteiger partial charge in [0.2, 0.25) is 5.82 Å². The van der Waals surface area contributed by atoms with Gasteiger partial charge in [0, 0.05) is 11.3 Å². The topological polar surface area (TPSA) is 109 Å². The molecule has 28 heavy (non-hydrogen) atoms. The second-order valence-electron chi connectivity index (χ2n) is 5.36. The van der Waals surface area contributed by atoms with Crippen LogP contribution in [0.4, 0.5) is 18.9 Å². The quantitative estimate of drug-likeness (QED) is 0.670. The normalized spacial score (nSPS) is 11.8. The van der Waals surface area contributed by atoms with Crippen LogP contribution in [0.5, 0.6) is 0 Å². The molecular formula is C16H8ClF3N4O3S. The first-order valence-corrected chi connectivity index (χ1v) is 9.20. The van der Waals surface area contributed by atoms with E-state index in [2.05, 4.69) is 19.4 Å². The average molecular weight is 429 g/mol. The Morgan fingerprint density at radius 3 is 2.39 bits per heavy atom. The molecule has 0 amide bonds. The molecule has 0 saturated carbocycles. The van der Waals surface area contributed by atoms with Crippen molar-refractivity contribution >= 4 is 27.3 Å². The van der Waals surface area contributed by atoms with Crippen molar-refractivity contribution in [1.29, 1.82) is 5.26 Å². The number of halogens is 4. The molecule has 1 heterocycles. The maximum atomic E-state index is 12.5. The van der Waals surface area contributed by atoms with Crippen LogP contribution in [0.25, 0.3) is 11.4 Å². The largest absolute Gasteiger partial charge is 0.471 e. The van der Waals surface area contributed by atoms with E-state index in [1.807, 2.05) is 0 Å². The molecule has 0 aliphatic carbocycles. The number of alkyl halides is 3. The lowest BCUT2D eigenvalue weighted by atomic mass is 10.2. The average Bonchev–Trinajstić information content (AvgIpc) is 3.13. The monoisotopic (exact) mass is 428 g/mol. The van der Waals surface area contributed by atoms with Gasteiger partial charge in [0.05, 0.1) is 15.5 Å². The van der Waals surface area contributed by atoms with Crippen LogP contribution in [-0.4, -0.2) is 18.6 Å². The number of hydrogen-bond acceptors (Lipinski definition) is 6. The van der Waals surface area contributed by atoms with Crippen LogP contribution in [0.15, 0.2) is 51.9 Å². The number of anilines is 1. The van der Waals surface area contributed by atoms with E-state index in [0.717, 1.165) is 6.07 Å². The highest BCUT2D eigenvalue weighted by Crippen LogP contribution is 2.30. The van der Waals surface area contributed by atoms with Crippen LogP contribution >= 0.6 is 11.6 Å². The van der Waals surface area contributed by atoms with Crippen molar-refractivity contribution < 1.29 is 26.1 Å². The van der Waals surface area contributed by atoms with E-state index in [9.17, 15) is 21.6 Å². The number of rotatable bonds is 4. The predicted molar refractivity (Wildman–Crippen MR) is 91.7 cm³/mol. The molecule has 12 heteroatoms.